The summed E-state index contributed by atoms with van der Waals surface area (Å²) in [5.74, 6) is 1.27. The summed E-state index contributed by atoms with van der Waals surface area (Å²) in [7, 11) is -3.40. The van der Waals surface area contributed by atoms with Gasteiger partial charge in [0, 0.05) is 12.1 Å². The van der Waals surface area contributed by atoms with Crippen LogP contribution in [-0.4, -0.2) is 0 Å². The van der Waals surface area contributed by atoms with E-state index < -0.39 is 7.75 Å². The second-order valence-corrected chi connectivity index (χ2v) is 6.98. The second kappa shape index (κ2) is 5.21. The largest absolute Gasteiger partial charge is 0.513 e. The normalized spacial score (nSPS) is 20.5. The Morgan fingerprint density at radius 2 is 1.67 bits per heavy atom. The highest BCUT2D eigenvalue weighted by Gasteiger charge is 2.34. The predicted octanol–water partition coefficient (Wildman–Crippen LogP) is 4.28. The number of fused-ring (bicyclic) bond motifs is 1. The van der Waals surface area contributed by atoms with Crippen LogP contribution in [0.5, 0.6) is 11.5 Å². The van der Waals surface area contributed by atoms with Crippen LogP contribution in [-0.2, 0) is 11.1 Å². The van der Waals surface area contributed by atoms with Gasteiger partial charge < -0.3 is 9.05 Å². The van der Waals surface area contributed by atoms with Crippen LogP contribution in [0.1, 0.15) is 22.3 Å². The predicted molar refractivity (Wildman–Crippen MR) is 82.8 cm³/mol. The molecule has 1 heterocycles. The van der Waals surface area contributed by atoms with E-state index in [9.17, 15) is 4.57 Å². The summed E-state index contributed by atoms with van der Waals surface area (Å²) in [4.78, 5) is 0. The lowest BCUT2D eigenvalue weighted by atomic mass is 10.1. The van der Waals surface area contributed by atoms with E-state index in [1.807, 2.05) is 57.2 Å². The van der Waals surface area contributed by atoms with Gasteiger partial charge in [0.25, 0.3) is 0 Å². The molecule has 4 nitrogen and oxygen atoms in total. The van der Waals surface area contributed by atoms with Crippen molar-refractivity contribution in [3.05, 3.63) is 58.7 Å². The number of hydrogen-bond donors (Lipinski definition) is 1. The lowest BCUT2D eigenvalue weighted by Crippen LogP contribution is -2.24. The molecule has 0 aliphatic carbocycles. The average Bonchev–Trinajstić information content (AvgIpc) is 2.44. The second-order valence-electron chi connectivity index (χ2n) is 5.30. The molecule has 0 spiro atoms. The van der Waals surface area contributed by atoms with Gasteiger partial charge in [0.1, 0.15) is 11.5 Å². The lowest BCUT2D eigenvalue weighted by molar-refractivity contribution is 0.355. The number of rotatable bonds is 2. The maximum absolute atomic E-state index is 12.9. The summed E-state index contributed by atoms with van der Waals surface area (Å²) in [6, 6.07) is 11.7. The van der Waals surface area contributed by atoms with Crippen molar-refractivity contribution in [3.8, 4) is 11.5 Å². The zero-order valence-corrected chi connectivity index (χ0v) is 13.2. The number of aryl methyl sites for hydroxylation is 3. The molecule has 1 aliphatic heterocycles. The molecule has 0 saturated heterocycles. The third-order valence-corrected chi connectivity index (χ3v) is 4.98. The van der Waals surface area contributed by atoms with E-state index in [0.717, 1.165) is 22.3 Å². The van der Waals surface area contributed by atoms with Gasteiger partial charge in [-0.1, -0.05) is 36.4 Å². The first-order chi connectivity index (χ1) is 9.98. The maximum atomic E-state index is 12.9. The molecule has 0 bridgehead atoms. The third-order valence-electron chi connectivity index (χ3n) is 3.59. The number of para-hydroxylation sites is 2. The Hall–Kier alpha value is -1.77. The van der Waals surface area contributed by atoms with Crippen LogP contribution in [0.15, 0.2) is 36.4 Å². The monoisotopic (exact) mass is 303 g/mol. The van der Waals surface area contributed by atoms with Crippen LogP contribution in [0.4, 0.5) is 0 Å². The van der Waals surface area contributed by atoms with Crippen molar-refractivity contribution >= 4 is 7.75 Å². The standard InChI is InChI=1S/C16H18NO3P/c1-11-6-4-7-12(2)15(11)19-21(18)17-10-14-9-5-8-13(3)16(14)20-21/h4-9H,10H2,1-3H3,(H,17,18). The Balaban J connectivity index is 1.94. The zero-order chi connectivity index (χ0) is 15.0. The molecule has 1 unspecified atom stereocenters. The van der Waals surface area contributed by atoms with Gasteiger partial charge in [-0.2, -0.15) is 5.09 Å². The molecule has 1 atom stereocenters. The first-order valence-corrected chi connectivity index (χ1v) is 8.42. The van der Waals surface area contributed by atoms with Gasteiger partial charge >= 0.3 is 7.75 Å². The summed E-state index contributed by atoms with van der Waals surface area (Å²) in [5.41, 5.74) is 3.82. The number of nitrogens with one attached hydrogen (secondary N) is 1. The van der Waals surface area contributed by atoms with E-state index in [1.165, 1.54) is 0 Å². The SMILES string of the molecule is Cc1cccc(C)c1OP1(=O)NCc2cccc(C)c2O1. The van der Waals surface area contributed by atoms with E-state index in [0.29, 0.717) is 18.0 Å². The summed E-state index contributed by atoms with van der Waals surface area (Å²) in [6.45, 7) is 6.27. The van der Waals surface area contributed by atoms with Crippen molar-refractivity contribution in [1.29, 1.82) is 0 Å². The van der Waals surface area contributed by atoms with Gasteiger partial charge in [0.05, 0.1) is 0 Å². The molecular formula is C16H18NO3P. The minimum atomic E-state index is -3.40. The van der Waals surface area contributed by atoms with Gasteiger partial charge in [0.2, 0.25) is 0 Å². The molecule has 3 rings (SSSR count). The van der Waals surface area contributed by atoms with Crippen LogP contribution in [0.25, 0.3) is 0 Å². The molecule has 0 amide bonds. The molecular weight excluding hydrogens is 285 g/mol. The Morgan fingerprint density at radius 1 is 1.05 bits per heavy atom. The Labute approximate surface area is 124 Å². The highest BCUT2D eigenvalue weighted by Crippen LogP contribution is 2.51. The van der Waals surface area contributed by atoms with Gasteiger partial charge in [0.15, 0.2) is 0 Å². The van der Waals surface area contributed by atoms with Crippen LogP contribution in [0.3, 0.4) is 0 Å². The molecule has 2 aromatic rings. The van der Waals surface area contributed by atoms with E-state index in [2.05, 4.69) is 5.09 Å². The molecule has 5 heteroatoms. The van der Waals surface area contributed by atoms with Crippen molar-refractivity contribution in [3.63, 3.8) is 0 Å². The van der Waals surface area contributed by atoms with E-state index >= 15 is 0 Å². The van der Waals surface area contributed by atoms with Crippen molar-refractivity contribution in [2.45, 2.75) is 27.3 Å². The first-order valence-electron chi connectivity index (χ1n) is 6.87. The van der Waals surface area contributed by atoms with Gasteiger partial charge in [-0.05, 0) is 37.5 Å². The van der Waals surface area contributed by atoms with Crippen LogP contribution in [0.2, 0.25) is 0 Å². The van der Waals surface area contributed by atoms with Gasteiger partial charge in [-0.25, -0.2) is 4.57 Å². The van der Waals surface area contributed by atoms with Crippen LogP contribution < -0.4 is 14.1 Å². The highest BCUT2D eigenvalue weighted by atomic mass is 31.2. The topological polar surface area (TPSA) is 47.6 Å². The molecule has 0 fully saturated rings. The van der Waals surface area contributed by atoms with Gasteiger partial charge in [-0.3, -0.25) is 0 Å². The molecule has 110 valence electrons. The minimum absolute atomic E-state index is 0.471. The smallest absolute Gasteiger partial charge is 0.404 e. The van der Waals surface area contributed by atoms with Gasteiger partial charge in [-0.15, -0.1) is 0 Å². The molecule has 0 saturated carbocycles. The Bertz CT molecular complexity index is 722. The maximum Gasteiger partial charge on any atom is 0.513 e. The fourth-order valence-corrected chi connectivity index (χ4v) is 3.99. The summed E-state index contributed by atoms with van der Waals surface area (Å²) < 4.78 is 24.3. The molecule has 0 radical (unpaired) electrons. The highest BCUT2D eigenvalue weighted by molar-refractivity contribution is 7.52. The quantitative estimate of drug-likeness (QED) is 0.841. The molecule has 1 aliphatic rings. The van der Waals surface area contributed by atoms with Crippen molar-refractivity contribution in [2.75, 3.05) is 0 Å². The number of benzene rings is 2. The molecule has 2 aromatic carbocycles. The molecule has 0 aromatic heterocycles. The third kappa shape index (κ3) is 2.69. The first kappa shape index (κ1) is 14.2. The van der Waals surface area contributed by atoms with Crippen LogP contribution >= 0.6 is 7.75 Å². The Morgan fingerprint density at radius 3 is 2.38 bits per heavy atom. The Kier molecular flexibility index (Phi) is 3.52. The zero-order valence-electron chi connectivity index (χ0n) is 12.3. The molecule has 1 N–H and O–H groups in total. The van der Waals surface area contributed by atoms with Crippen LogP contribution in [0, 0.1) is 20.8 Å². The summed E-state index contributed by atoms with van der Waals surface area (Å²) >= 11 is 0. The van der Waals surface area contributed by atoms with Crippen molar-refractivity contribution < 1.29 is 13.6 Å². The average molecular weight is 303 g/mol. The van der Waals surface area contributed by atoms with E-state index in [4.69, 9.17) is 9.05 Å². The van der Waals surface area contributed by atoms with E-state index in [-0.39, 0.29) is 0 Å². The van der Waals surface area contributed by atoms with E-state index in [1.54, 1.807) is 0 Å². The van der Waals surface area contributed by atoms with Crippen molar-refractivity contribution in [1.82, 2.24) is 5.09 Å². The molecule has 21 heavy (non-hydrogen) atoms. The fourth-order valence-electron chi connectivity index (χ4n) is 2.43. The summed E-state index contributed by atoms with van der Waals surface area (Å²) in [5, 5.41) is 2.89. The minimum Gasteiger partial charge on any atom is -0.404 e. The summed E-state index contributed by atoms with van der Waals surface area (Å²) in [6.07, 6.45) is 0. The number of hydrogen-bond acceptors (Lipinski definition) is 3. The fraction of sp³-hybridized carbons (Fsp3) is 0.250. The lowest BCUT2D eigenvalue weighted by Gasteiger charge is -2.28. The van der Waals surface area contributed by atoms with Crippen molar-refractivity contribution in [2.24, 2.45) is 0 Å².